The van der Waals surface area contributed by atoms with Crippen LogP contribution in [0.5, 0.6) is 57.8 Å². The van der Waals surface area contributed by atoms with Crippen molar-refractivity contribution in [2.24, 2.45) is 0 Å². The van der Waals surface area contributed by atoms with Crippen LogP contribution in [0.4, 0.5) is 38.9 Å². The zero-order valence-electron chi connectivity index (χ0n) is 63.5. The van der Waals surface area contributed by atoms with E-state index in [0.717, 1.165) is 199 Å². The minimum atomic E-state index is -0.579. The summed E-state index contributed by atoms with van der Waals surface area (Å²) < 4.78 is 64.4. The lowest BCUT2D eigenvalue weighted by atomic mass is 9.96. The number of nitrogens with one attached hydrogen (secondary N) is 4. The van der Waals surface area contributed by atoms with E-state index >= 15 is 0 Å². The molecule has 4 N–H and O–H groups in total. The van der Waals surface area contributed by atoms with Gasteiger partial charge in [0.1, 0.15) is 64.8 Å². The van der Waals surface area contributed by atoms with Crippen molar-refractivity contribution >= 4 is 40.2 Å². The first-order chi connectivity index (χ1) is 54.1. The lowest BCUT2D eigenvalue weighted by molar-refractivity contribution is 0.0635. The number of amides is 1. The number of carbonyl (C=O) groups is 1. The van der Waals surface area contributed by atoms with Gasteiger partial charge in [-0.25, -0.2) is 14.8 Å². The number of hydrogen-bond acceptors (Lipinski definition) is 20. The summed E-state index contributed by atoms with van der Waals surface area (Å²) in [6.07, 6.45) is 1.75. The number of anilines is 6. The van der Waals surface area contributed by atoms with Gasteiger partial charge in [0.05, 0.1) is 70.9 Å². The van der Waals surface area contributed by atoms with Crippen molar-refractivity contribution in [1.29, 1.82) is 0 Å². The Bertz CT molecular complexity index is 5200. The van der Waals surface area contributed by atoms with Crippen LogP contribution in [-0.2, 0) is 51.4 Å². The lowest BCUT2D eigenvalue weighted by Gasteiger charge is -2.29. The van der Waals surface area contributed by atoms with Crippen molar-refractivity contribution in [3.63, 3.8) is 0 Å². The Kier molecular flexibility index (Phi) is 22.5. The molecule has 3 saturated heterocycles. The quantitative estimate of drug-likeness (QED) is 0.0665. The molecule has 0 unspecified atom stereocenters. The number of rotatable bonds is 17. The van der Waals surface area contributed by atoms with Crippen LogP contribution in [0.25, 0.3) is 33.8 Å². The molecule has 570 valence electrons. The molecule has 9 heterocycles. The van der Waals surface area contributed by atoms with Gasteiger partial charge in [-0.1, -0.05) is 60.7 Å². The van der Waals surface area contributed by atoms with Crippen LogP contribution in [0.3, 0.4) is 0 Å². The van der Waals surface area contributed by atoms with Crippen LogP contribution in [0.1, 0.15) is 65.3 Å². The largest absolute Gasteiger partial charge is 0.497 e. The van der Waals surface area contributed by atoms with Crippen molar-refractivity contribution in [2.75, 3.05) is 138 Å². The summed E-state index contributed by atoms with van der Waals surface area (Å²) in [6, 6.07) is 64.0. The van der Waals surface area contributed by atoms with E-state index < -0.39 is 11.7 Å². The number of fused-ring (bicyclic) bond motifs is 6. The van der Waals surface area contributed by atoms with Gasteiger partial charge in [0.15, 0.2) is 0 Å². The first-order valence-corrected chi connectivity index (χ1v) is 37.6. The third-order valence-electron chi connectivity index (χ3n) is 19.9. The van der Waals surface area contributed by atoms with Crippen LogP contribution in [0.2, 0.25) is 0 Å². The Hall–Kier alpha value is -12.2. The first kappa shape index (κ1) is 74.2. The lowest BCUT2D eigenvalue weighted by Crippen LogP contribution is -2.36. The smallest absolute Gasteiger partial charge is 0.412 e. The van der Waals surface area contributed by atoms with Gasteiger partial charge < -0.3 is 82.4 Å². The number of benzene rings is 8. The molecule has 3 fully saturated rings. The number of aromatic nitrogens is 3. The van der Waals surface area contributed by atoms with Gasteiger partial charge in [-0.3, -0.25) is 10.1 Å². The Balaban J connectivity index is 0.000000135. The molecular weight excluding hydrogens is 1400 g/mol. The summed E-state index contributed by atoms with van der Waals surface area (Å²) in [4.78, 5) is 44.4. The van der Waals surface area contributed by atoms with Gasteiger partial charge in [-0.2, -0.15) is 0 Å². The third kappa shape index (κ3) is 17.9. The highest BCUT2D eigenvalue weighted by Crippen LogP contribution is 2.48. The van der Waals surface area contributed by atoms with E-state index in [1.54, 1.807) is 20.3 Å². The van der Waals surface area contributed by atoms with E-state index in [4.69, 9.17) is 62.1 Å². The van der Waals surface area contributed by atoms with Crippen LogP contribution < -0.4 is 69.4 Å². The number of methoxy groups -OCH3 is 2. The highest BCUT2D eigenvalue weighted by Gasteiger charge is 2.29. The van der Waals surface area contributed by atoms with Gasteiger partial charge >= 0.3 is 6.09 Å². The summed E-state index contributed by atoms with van der Waals surface area (Å²) in [7, 11) is 7.16. The monoisotopic (exact) mass is 1490 g/mol. The highest BCUT2D eigenvalue weighted by molar-refractivity contribution is 5.86. The van der Waals surface area contributed by atoms with E-state index in [0.29, 0.717) is 76.7 Å². The maximum absolute atomic E-state index is 12.4. The number of hydrogen-bond donors (Lipinski definition) is 4. The molecule has 22 nitrogen and oxygen atoms in total. The average molecular weight is 1490 g/mol. The molecule has 1 amide bonds. The van der Waals surface area contributed by atoms with Gasteiger partial charge in [0.25, 0.3) is 0 Å². The fraction of sp³-hybridized carbons (Fsp3) is 0.281. The summed E-state index contributed by atoms with van der Waals surface area (Å²) in [5.74, 6) is 7.63. The molecule has 8 aromatic carbocycles. The normalized spacial score (nSPS) is 14.5. The fourth-order valence-corrected chi connectivity index (χ4v) is 14.2. The minimum Gasteiger partial charge on any atom is -0.497 e. The van der Waals surface area contributed by atoms with Gasteiger partial charge in [-0.15, -0.1) is 0 Å². The summed E-state index contributed by atoms with van der Waals surface area (Å²) in [6.45, 7) is 15.2. The standard InChI is InChI=1S/C35H37N3O6.C31H31N3O4.C23H23N3O3/c1-35(2,3)44-34(39)36-26-10-13-31-25(19-26)18-24-6-5-7-29(33(24)43-31)30-20-27(38-14-16-41-17-15-38)21-32(37-30)42-22-23-8-11-28(40-4)12-9-23;1-32-24-8-11-29-23(17-24)16-22-4-3-5-27(31(22)38-29)28-18-25(34-12-14-36-15-13-34)19-30(33-28)37-20-21-6-9-26(35-2)10-7-21;1-24-17-5-6-21-16(12-17)11-15-3-2-4-19(23(15)29-21)20-13-18(14-22(27)25-20)26-7-9-28-10-8-26/h5-13,19-21H,14-18,22H2,1-4H3,(H,36,39);3-11,17-19,32H,12-16,20H2,1-2H3;2-6,12-14,24H,7-11H2,1H3,(H,25,27). The number of pyridine rings is 3. The molecule has 0 radical (unpaired) electrons. The number of aromatic amines is 1. The van der Waals surface area contributed by atoms with E-state index in [2.05, 4.69) is 90.2 Å². The number of nitrogens with zero attached hydrogens (tertiary/aromatic N) is 5. The third-order valence-corrected chi connectivity index (χ3v) is 19.9. The van der Waals surface area contributed by atoms with Crippen molar-refractivity contribution in [3.05, 3.63) is 249 Å². The number of morpholine rings is 3. The molecule has 0 aliphatic carbocycles. The molecule has 111 heavy (non-hydrogen) atoms. The summed E-state index contributed by atoms with van der Waals surface area (Å²) in [5.41, 5.74) is 18.8. The Morgan fingerprint density at radius 2 is 0.838 bits per heavy atom. The van der Waals surface area contributed by atoms with Gasteiger partial charge in [0.2, 0.25) is 17.3 Å². The molecule has 0 bridgehead atoms. The predicted molar refractivity (Wildman–Crippen MR) is 433 cm³/mol. The van der Waals surface area contributed by atoms with Crippen LogP contribution >= 0.6 is 0 Å². The first-order valence-electron chi connectivity index (χ1n) is 37.6. The van der Waals surface area contributed by atoms with Crippen molar-refractivity contribution in [1.82, 2.24) is 15.0 Å². The molecule has 3 aromatic heterocycles. The van der Waals surface area contributed by atoms with E-state index in [9.17, 15) is 9.59 Å². The second kappa shape index (κ2) is 33.7. The predicted octanol–water partition coefficient (Wildman–Crippen LogP) is 16.7. The van der Waals surface area contributed by atoms with Crippen molar-refractivity contribution < 1.29 is 56.9 Å². The number of ether oxygens (including phenoxy) is 11. The molecule has 6 aliphatic heterocycles. The van der Waals surface area contributed by atoms with E-state index in [1.165, 1.54) is 5.56 Å². The highest BCUT2D eigenvalue weighted by atomic mass is 16.6. The maximum atomic E-state index is 12.4. The molecule has 0 spiro atoms. The number of carbonyl (C=O) groups excluding carboxylic acids is 1. The van der Waals surface area contributed by atoms with Crippen LogP contribution in [0.15, 0.2) is 199 Å². The molecule has 11 aromatic rings. The second-order valence-corrected chi connectivity index (χ2v) is 28.6. The van der Waals surface area contributed by atoms with E-state index in [1.807, 2.05) is 168 Å². The molecule has 6 aliphatic rings. The number of para-hydroxylation sites is 3. The molecule has 0 saturated carbocycles. The average Bonchev–Trinajstić information content (AvgIpc) is 0.779. The summed E-state index contributed by atoms with van der Waals surface area (Å²) in [5, 5.41) is 9.21. The van der Waals surface area contributed by atoms with Gasteiger partial charge in [0, 0.05) is 169 Å². The zero-order chi connectivity index (χ0) is 76.4. The Labute approximate surface area is 646 Å². The second-order valence-electron chi connectivity index (χ2n) is 28.6. The maximum Gasteiger partial charge on any atom is 0.412 e. The fourth-order valence-electron chi connectivity index (χ4n) is 14.2. The Morgan fingerprint density at radius 1 is 0.450 bits per heavy atom. The molecule has 17 rings (SSSR count). The zero-order valence-corrected chi connectivity index (χ0v) is 63.5. The summed E-state index contributed by atoms with van der Waals surface area (Å²) >= 11 is 0. The topological polar surface area (TPSA) is 223 Å². The van der Waals surface area contributed by atoms with Crippen LogP contribution in [0, 0.1) is 0 Å². The van der Waals surface area contributed by atoms with E-state index in [-0.39, 0.29) is 5.56 Å². The van der Waals surface area contributed by atoms with Crippen LogP contribution in [-0.4, -0.2) is 134 Å². The number of H-pyrrole nitrogens is 1. The van der Waals surface area contributed by atoms with Gasteiger partial charge in [-0.05, 0) is 153 Å². The SMILES string of the molecule is CNc1ccc2c(c1)Cc1cccc(-c3cc(N4CCOCC4)cc(=O)[nH]3)c1O2.CNc1ccc2c(c1)Cc1cccc(-c3cc(N4CCOCC4)cc(OCc4ccc(OC)cc4)n3)c1O2.COc1ccc(COc2cc(N3CCOCC3)cc(-c3cccc4c3Oc3ccc(NC(=O)OC(C)(C)C)cc3C4)n2)cc1. The Morgan fingerprint density at radius 3 is 1.24 bits per heavy atom. The minimum absolute atomic E-state index is 0.114. The molecule has 0 atom stereocenters. The van der Waals surface area contributed by atoms with Crippen molar-refractivity contribution in [3.8, 4) is 91.5 Å². The molecular formula is C89H91N9O13. The van der Waals surface area contributed by atoms with Crippen molar-refractivity contribution in [2.45, 2.75) is 58.8 Å². The molecule has 22 heteroatoms.